The fraction of sp³-hybridized carbons (Fsp3) is 0.222. The zero-order valence-corrected chi connectivity index (χ0v) is 14.5. The normalized spacial score (nSPS) is 13.0. The minimum absolute atomic E-state index is 0.0416. The van der Waals surface area contributed by atoms with Gasteiger partial charge in [-0.05, 0) is 36.2 Å². The first-order valence-electron chi connectivity index (χ1n) is 7.75. The van der Waals surface area contributed by atoms with E-state index in [1.54, 1.807) is 30.3 Å². The summed E-state index contributed by atoms with van der Waals surface area (Å²) in [7, 11) is -1.39. The Morgan fingerprint density at radius 2 is 1.69 bits per heavy atom. The molecule has 1 amide bonds. The number of carbonyl (C=O) groups is 2. The average Bonchev–Trinajstić information content (AvgIpc) is 2.57. The Balaban J connectivity index is 1.93. The van der Waals surface area contributed by atoms with Crippen LogP contribution in [0.2, 0.25) is 0 Å². The van der Waals surface area contributed by atoms with Gasteiger partial charge >= 0.3 is 5.97 Å². The van der Waals surface area contributed by atoms with Crippen molar-refractivity contribution in [3.8, 4) is 0 Å². The zero-order valence-electron chi connectivity index (χ0n) is 13.7. The van der Waals surface area contributed by atoms with Crippen LogP contribution in [0.3, 0.4) is 0 Å². The highest BCUT2D eigenvalue weighted by molar-refractivity contribution is 7.85. The van der Waals surface area contributed by atoms with Crippen LogP contribution >= 0.6 is 0 Å². The summed E-state index contributed by atoms with van der Waals surface area (Å²) >= 11 is 0. The van der Waals surface area contributed by atoms with E-state index in [9.17, 15) is 27.7 Å². The first-order valence-corrected chi connectivity index (χ1v) is 9.07. The van der Waals surface area contributed by atoms with Gasteiger partial charge in [0.25, 0.3) is 0 Å². The molecule has 0 fully saturated rings. The molecule has 0 aromatic heterocycles. The van der Waals surface area contributed by atoms with Crippen molar-refractivity contribution in [2.45, 2.75) is 23.8 Å². The molecule has 2 rings (SSSR count). The highest BCUT2D eigenvalue weighted by Gasteiger charge is 2.21. The molecule has 138 valence electrons. The largest absolute Gasteiger partial charge is 0.480 e. The maximum Gasteiger partial charge on any atom is 0.326 e. The van der Waals surface area contributed by atoms with E-state index in [0.717, 1.165) is 12.1 Å². The third-order valence-corrected chi connectivity index (χ3v) is 4.92. The lowest BCUT2D eigenvalue weighted by Crippen LogP contribution is -2.42. The van der Waals surface area contributed by atoms with E-state index in [0.29, 0.717) is 11.0 Å². The Morgan fingerprint density at radius 3 is 2.27 bits per heavy atom. The van der Waals surface area contributed by atoms with Gasteiger partial charge in [-0.1, -0.05) is 18.2 Å². The van der Waals surface area contributed by atoms with E-state index in [-0.39, 0.29) is 24.2 Å². The molecule has 0 heterocycles. The maximum atomic E-state index is 13.1. The third kappa shape index (κ3) is 6.03. The van der Waals surface area contributed by atoms with E-state index < -0.39 is 40.4 Å². The van der Waals surface area contributed by atoms with Gasteiger partial charge in [-0.2, -0.15) is 0 Å². The van der Waals surface area contributed by atoms with Crippen molar-refractivity contribution < 1.29 is 27.7 Å². The summed E-state index contributed by atoms with van der Waals surface area (Å²) in [5.74, 6) is -3.54. The molecule has 2 N–H and O–H groups in total. The molecular weight excluding hydrogens is 364 g/mol. The summed E-state index contributed by atoms with van der Waals surface area (Å²) in [5.41, 5.74) is 0.0944. The van der Waals surface area contributed by atoms with Crippen molar-refractivity contribution in [3.05, 3.63) is 65.7 Å². The van der Waals surface area contributed by atoms with E-state index in [1.807, 2.05) is 0 Å². The molecule has 0 aliphatic heterocycles. The van der Waals surface area contributed by atoms with Crippen LogP contribution < -0.4 is 5.32 Å². The molecule has 5 nitrogen and oxygen atoms in total. The molecule has 0 saturated carbocycles. The summed E-state index contributed by atoms with van der Waals surface area (Å²) in [6, 6.07) is 10.0. The SMILES string of the molecule is O=C(Cc1cc(F)cc(F)c1)N[C@H](CC[S@](=O)c1ccccc1)C(=O)O. The van der Waals surface area contributed by atoms with Crippen molar-refractivity contribution >= 4 is 22.7 Å². The highest BCUT2D eigenvalue weighted by Crippen LogP contribution is 2.10. The first-order chi connectivity index (χ1) is 12.3. The summed E-state index contributed by atoms with van der Waals surface area (Å²) in [6.07, 6.45) is -0.402. The van der Waals surface area contributed by atoms with Gasteiger partial charge in [0.1, 0.15) is 17.7 Å². The summed E-state index contributed by atoms with van der Waals surface area (Å²) in [6.45, 7) is 0. The van der Waals surface area contributed by atoms with Crippen molar-refractivity contribution in [2.75, 3.05) is 5.75 Å². The molecule has 0 bridgehead atoms. The number of carbonyl (C=O) groups excluding carboxylic acids is 1. The standard InChI is InChI=1S/C18H17F2NO4S/c19-13-8-12(9-14(20)11-13)10-17(22)21-16(18(23)24)6-7-26(25)15-4-2-1-3-5-15/h1-5,8-9,11,16H,6-7,10H2,(H,21,22)(H,23,24)/t16-,26+/m1/s1. The maximum absolute atomic E-state index is 13.1. The molecule has 8 heteroatoms. The summed E-state index contributed by atoms with van der Waals surface area (Å²) in [4.78, 5) is 23.8. The monoisotopic (exact) mass is 381 g/mol. The van der Waals surface area contributed by atoms with Gasteiger partial charge in [0, 0.05) is 16.7 Å². The average molecular weight is 381 g/mol. The number of hydrogen-bond acceptors (Lipinski definition) is 3. The first kappa shape index (κ1) is 19.7. The van der Waals surface area contributed by atoms with Crippen LogP contribution in [0.4, 0.5) is 8.78 Å². The van der Waals surface area contributed by atoms with Crippen LogP contribution in [0.1, 0.15) is 12.0 Å². The van der Waals surface area contributed by atoms with E-state index in [4.69, 9.17) is 0 Å². The molecule has 0 radical (unpaired) electrons. The van der Waals surface area contributed by atoms with Crippen LogP contribution in [0, 0.1) is 11.6 Å². The summed E-state index contributed by atoms with van der Waals surface area (Å²) in [5, 5.41) is 11.5. The minimum atomic E-state index is -1.39. The predicted octanol–water partition coefficient (Wildman–Crippen LogP) is 2.27. The number of rotatable bonds is 8. The molecule has 0 spiro atoms. The van der Waals surface area contributed by atoms with Crippen LogP contribution in [-0.4, -0.2) is 33.0 Å². The van der Waals surface area contributed by atoms with Crippen molar-refractivity contribution in [1.29, 1.82) is 0 Å². The van der Waals surface area contributed by atoms with Crippen LogP contribution in [0.25, 0.3) is 0 Å². The third-order valence-electron chi connectivity index (χ3n) is 3.52. The van der Waals surface area contributed by atoms with Gasteiger partial charge < -0.3 is 10.4 Å². The lowest BCUT2D eigenvalue weighted by molar-refractivity contribution is -0.141. The molecule has 2 atom stereocenters. The fourth-order valence-corrected chi connectivity index (χ4v) is 3.46. The second-order valence-corrected chi connectivity index (χ2v) is 7.13. The fourth-order valence-electron chi connectivity index (χ4n) is 2.32. The van der Waals surface area contributed by atoms with Crippen LogP contribution in [0.15, 0.2) is 53.4 Å². The lowest BCUT2D eigenvalue weighted by Gasteiger charge is -2.14. The Labute approximate surface area is 151 Å². The number of carboxylic acids is 1. The van der Waals surface area contributed by atoms with Gasteiger partial charge in [-0.15, -0.1) is 0 Å². The lowest BCUT2D eigenvalue weighted by atomic mass is 10.1. The smallest absolute Gasteiger partial charge is 0.326 e. The number of amides is 1. The summed E-state index contributed by atoms with van der Waals surface area (Å²) < 4.78 is 38.4. The van der Waals surface area contributed by atoms with Gasteiger partial charge in [0.15, 0.2) is 0 Å². The van der Waals surface area contributed by atoms with Crippen LogP contribution in [-0.2, 0) is 26.8 Å². The second-order valence-electron chi connectivity index (χ2n) is 5.56. The number of hydrogen-bond donors (Lipinski definition) is 2. The minimum Gasteiger partial charge on any atom is -0.480 e. The molecule has 0 aliphatic rings. The van der Waals surface area contributed by atoms with Crippen molar-refractivity contribution in [2.24, 2.45) is 0 Å². The number of benzene rings is 2. The molecule has 26 heavy (non-hydrogen) atoms. The number of aliphatic carboxylic acids is 1. The predicted molar refractivity (Wildman–Crippen MR) is 92.0 cm³/mol. The van der Waals surface area contributed by atoms with Gasteiger partial charge in [0.05, 0.1) is 17.2 Å². The Kier molecular flexibility index (Phi) is 6.97. The molecular formula is C18H17F2NO4S. The number of halogens is 2. The Morgan fingerprint density at radius 1 is 1.08 bits per heavy atom. The van der Waals surface area contributed by atoms with Crippen molar-refractivity contribution in [3.63, 3.8) is 0 Å². The van der Waals surface area contributed by atoms with Crippen LogP contribution in [0.5, 0.6) is 0 Å². The quantitative estimate of drug-likeness (QED) is 0.735. The molecule has 0 unspecified atom stereocenters. The van der Waals surface area contributed by atoms with E-state index in [1.165, 1.54) is 0 Å². The van der Waals surface area contributed by atoms with Crippen molar-refractivity contribution in [1.82, 2.24) is 5.32 Å². The molecule has 0 aliphatic carbocycles. The number of carboxylic acid groups (broad SMARTS) is 1. The van der Waals surface area contributed by atoms with Gasteiger partial charge in [0.2, 0.25) is 5.91 Å². The van der Waals surface area contributed by atoms with E-state index in [2.05, 4.69) is 5.32 Å². The number of nitrogens with one attached hydrogen (secondary N) is 1. The molecule has 2 aromatic rings. The highest BCUT2D eigenvalue weighted by atomic mass is 32.2. The molecule has 2 aromatic carbocycles. The van der Waals surface area contributed by atoms with Gasteiger partial charge in [-0.25, -0.2) is 13.6 Å². The zero-order chi connectivity index (χ0) is 19.1. The second kappa shape index (κ2) is 9.19. The Bertz CT molecular complexity index is 794. The molecule has 0 saturated heterocycles. The Hall–Kier alpha value is -2.61. The van der Waals surface area contributed by atoms with Gasteiger partial charge in [-0.3, -0.25) is 9.00 Å². The van der Waals surface area contributed by atoms with E-state index >= 15 is 0 Å². The topological polar surface area (TPSA) is 83.5 Å².